The van der Waals surface area contributed by atoms with Crippen LogP contribution in [0.15, 0.2) is 125 Å². The summed E-state index contributed by atoms with van der Waals surface area (Å²) in [6, 6.07) is 29.9. The highest BCUT2D eigenvalue weighted by atomic mass is 32.2. The summed E-state index contributed by atoms with van der Waals surface area (Å²) in [6.07, 6.45) is 9.55. The molecule has 6 aromatic rings. The molecule has 0 spiro atoms. The van der Waals surface area contributed by atoms with Crippen LogP contribution < -0.4 is 41.3 Å². The molecular formula is C58H61FN8O8S2. The Bertz CT molecular complexity index is 3470. The molecule has 0 saturated carbocycles. The molecule has 19 heteroatoms. The molecular weight excluding hydrogens is 1020 g/mol. The number of aryl methyl sites for hydroxylation is 2. The van der Waals surface area contributed by atoms with E-state index < -0.39 is 44.0 Å². The van der Waals surface area contributed by atoms with E-state index in [-0.39, 0.29) is 39.9 Å². The number of carbonyl (C=O) groups excluding carboxylic acids is 4. The van der Waals surface area contributed by atoms with E-state index in [2.05, 4.69) is 53.5 Å². The zero-order chi connectivity index (χ0) is 53.7. The second-order valence-electron chi connectivity index (χ2n) is 20.3. The zero-order valence-electron chi connectivity index (χ0n) is 42.4. The van der Waals surface area contributed by atoms with Crippen LogP contribution in [-0.2, 0) is 90.7 Å². The van der Waals surface area contributed by atoms with E-state index in [1.54, 1.807) is 30.3 Å². The van der Waals surface area contributed by atoms with Crippen LogP contribution >= 0.6 is 0 Å². The maximum Gasteiger partial charge on any atom is 0.333 e. The van der Waals surface area contributed by atoms with E-state index in [1.165, 1.54) is 42.5 Å². The summed E-state index contributed by atoms with van der Waals surface area (Å²) >= 11 is 0. The van der Waals surface area contributed by atoms with Gasteiger partial charge in [0.2, 0.25) is 0 Å². The fourth-order valence-corrected chi connectivity index (χ4v) is 13.3. The summed E-state index contributed by atoms with van der Waals surface area (Å²) < 4.78 is 72.5. The van der Waals surface area contributed by atoms with Crippen LogP contribution in [0, 0.1) is 17.7 Å². The summed E-state index contributed by atoms with van der Waals surface area (Å²) in [6.45, 7) is 1.06. The predicted molar refractivity (Wildman–Crippen MR) is 293 cm³/mol. The van der Waals surface area contributed by atoms with Crippen LogP contribution in [0.25, 0.3) is 0 Å². The first kappa shape index (κ1) is 52.7. The molecule has 2 atom stereocenters. The number of urea groups is 4. The summed E-state index contributed by atoms with van der Waals surface area (Å²) in [5.41, 5.74) is 12.7. The fraction of sp³-hybridized carbons (Fsp3) is 0.310. The van der Waals surface area contributed by atoms with Gasteiger partial charge >= 0.3 is 24.1 Å². The van der Waals surface area contributed by atoms with E-state index in [0.29, 0.717) is 56.6 Å². The van der Waals surface area contributed by atoms with E-state index in [1.807, 2.05) is 30.3 Å². The molecule has 0 fully saturated rings. The Morgan fingerprint density at radius 2 is 0.870 bits per heavy atom. The molecule has 77 heavy (non-hydrogen) atoms. The minimum atomic E-state index is -4.27. The number of fused-ring (bicyclic) bond motifs is 4. The van der Waals surface area contributed by atoms with Crippen LogP contribution in [0.2, 0.25) is 0 Å². The van der Waals surface area contributed by atoms with Gasteiger partial charge in [0.25, 0.3) is 20.0 Å². The van der Waals surface area contributed by atoms with Crippen molar-refractivity contribution >= 4 is 61.2 Å². The molecule has 0 radical (unpaired) electrons. The van der Waals surface area contributed by atoms with Gasteiger partial charge in [-0.2, -0.15) is 0 Å². The van der Waals surface area contributed by atoms with Crippen molar-refractivity contribution in [2.75, 3.05) is 35.6 Å². The number of nitrogens with one attached hydrogen (secondary N) is 8. The molecule has 2 unspecified atom stereocenters. The van der Waals surface area contributed by atoms with Crippen molar-refractivity contribution in [3.8, 4) is 0 Å². The molecule has 8 amide bonds. The van der Waals surface area contributed by atoms with Gasteiger partial charge in [-0.1, -0.05) is 78.9 Å². The monoisotopic (exact) mass is 1080 g/mol. The van der Waals surface area contributed by atoms with Crippen LogP contribution in [0.1, 0.15) is 74.0 Å². The van der Waals surface area contributed by atoms with Crippen molar-refractivity contribution in [2.24, 2.45) is 11.8 Å². The highest BCUT2D eigenvalue weighted by Gasteiger charge is 2.39. The maximum absolute atomic E-state index is 13.9. The molecule has 16 nitrogen and oxygen atoms in total. The van der Waals surface area contributed by atoms with Gasteiger partial charge in [0.1, 0.15) is 5.82 Å². The normalized spacial score (nSPS) is 16.1. The molecule has 400 valence electrons. The summed E-state index contributed by atoms with van der Waals surface area (Å²) in [4.78, 5) is 51.7. The van der Waals surface area contributed by atoms with Crippen LogP contribution in [0.5, 0.6) is 0 Å². The highest BCUT2D eigenvalue weighted by Crippen LogP contribution is 2.47. The predicted octanol–water partition coefficient (Wildman–Crippen LogP) is 8.40. The number of sulfonamides is 2. The van der Waals surface area contributed by atoms with Crippen LogP contribution in [-0.4, -0.2) is 60.6 Å². The standard InChI is InChI=1S/C58H61FN8O8S2/c59-51-14-4-5-15-52(51)63-56(69)62-29-26-38-18-22-46(23-19-38)77(74,75)67-58(71)65-54-48-13-7-11-40(48)31-44-33-42(35-50(44)54)41-32-43-30-39-10-6-12-47(39)53(49(43)34-41)64-57(70)66-76(72,73)45-20-16-37(17-21-45)25-28-61-55(68)60-27-24-36-8-2-1-3-9-36/h1-5,8-9,14-23,30-31,41-42H,6-7,10-13,24-29,32-35H2,(H2,60,61,68)(H2,62,63,69)(H2,64,66,70)(H2,65,67,71). The smallest absolute Gasteiger partial charge is 0.333 e. The molecule has 0 saturated heterocycles. The number of amides is 8. The minimum Gasteiger partial charge on any atom is -0.338 e. The molecule has 0 bridgehead atoms. The minimum absolute atomic E-state index is 0.0502. The Morgan fingerprint density at radius 3 is 1.34 bits per heavy atom. The molecule has 4 aliphatic rings. The average molecular weight is 1080 g/mol. The van der Waals surface area contributed by atoms with Gasteiger partial charge in [-0.05, 0) is 193 Å². The summed E-state index contributed by atoms with van der Waals surface area (Å²) in [5.74, 6) is -0.167. The van der Waals surface area contributed by atoms with Crippen molar-refractivity contribution < 1.29 is 40.4 Å². The van der Waals surface area contributed by atoms with E-state index in [0.717, 1.165) is 113 Å². The number of rotatable bonds is 17. The molecule has 0 heterocycles. The Balaban J connectivity index is 0.737. The third-order valence-corrected chi connectivity index (χ3v) is 17.9. The Labute approximate surface area is 447 Å². The number of carbonyl (C=O) groups is 4. The zero-order valence-corrected chi connectivity index (χ0v) is 44.0. The first-order valence-corrected chi connectivity index (χ1v) is 29.2. The van der Waals surface area contributed by atoms with Crippen molar-refractivity contribution in [1.82, 2.24) is 25.4 Å². The highest BCUT2D eigenvalue weighted by molar-refractivity contribution is 7.90. The molecule has 6 aromatic carbocycles. The van der Waals surface area contributed by atoms with Gasteiger partial charge in [-0.15, -0.1) is 0 Å². The number of hydrogen-bond donors (Lipinski definition) is 8. The largest absolute Gasteiger partial charge is 0.338 e. The van der Waals surface area contributed by atoms with Crippen molar-refractivity contribution in [2.45, 2.75) is 93.3 Å². The first-order chi connectivity index (χ1) is 37.2. The number of para-hydroxylation sites is 1. The fourth-order valence-electron chi connectivity index (χ4n) is 11.4. The Kier molecular flexibility index (Phi) is 15.6. The molecule has 0 aromatic heterocycles. The summed E-state index contributed by atoms with van der Waals surface area (Å²) in [7, 11) is -8.50. The molecule has 10 rings (SSSR count). The SMILES string of the molecule is O=C(NCCc1ccccc1)NCCc1ccc(S(=O)(=O)NC(=O)Nc2c3c(cc4c2CC(C2Cc5cc6c(c(NC(=O)NS(=O)(=O)c7ccc(CCNC(=O)Nc8ccccc8F)cc7)c5C2)CCC6)C4)CCC3)cc1. The topological polar surface area (TPSA) is 233 Å². The van der Waals surface area contributed by atoms with Gasteiger partial charge in [0.05, 0.1) is 15.5 Å². The first-order valence-electron chi connectivity index (χ1n) is 26.2. The third kappa shape index (κ3) is 12.4. The second-order valence-corrected chi connectivity index (χ2v) is 23.6. The van der Waals surface area contributed by atoms with Crippen molar-refractivity contribution in [3.63, 3.8) is 0 Å². The second kappa shape index (κ2) is 22.8. The molecule has 8 N–H and O–H groups in total. The van der Waals surface area contributed by atoms with Crippen molar-refractivity contribution in [1.29, 1.82) is 0 Å². The molecule has 0 aliphatic heterocycles. The van der Waals surface area contributed by atoms with Crippen molar-refractivity contribution in [3.05, 3.63) is 182 Å². The summed E-state index contributed by atoms with van der Waals surface area (Å²) in [5, 5.41) is 16.7. The van der Waals surface area contributed by atoms with E-state index >= 15 is 0 Å². The Morgan fingerprint density at radius 1 is 0.442 bits per heavy atom. The van der Waals surface area contributed by atoms with Gasteiger partial charge in [-0.3, -0.25) is 0 Å². The van der Waals surface area contributed by atoms with Gasteiger partial charge in [0.15, 0.2) is 0 Å². The molecule has 4 aliphatic carbocycles. The maximum atomic E-state index is 13.9. The van der Waals surface area contributed by atoms with Gasteiger partial charge < -0.3 is 31.9 Å². The van der Waals surface area contributed by atoms with E-state index in [9.17, 15) is 40.4 Å². The van der Waals surface area contributed by atoms with Gasteiger partial charge in [0, 0.05) is 31.0 Å². The van der Waals surface area contributed by atoms with E-state index in [4.69, 9.17) is 0 Å². The lowest BCUT2D eigenvalue weighted by atomic mass is 9.87. The van der Waals surface area contributed by atoms with Crippen LogP contribution in [0.4, 0.5) is 40.6 Å². The lowest BCUT2D eigenvalue weighted by Crippen LogP contribution is -2.37. The van der Waals surface area contributed by atoms with Gasteiger partial charge in [-0.25, -0.2) is 49.8 Å². The number of benzene rings is 6. The Hall–Kier alpha value is -7.77. The number of anilines is 3. The van der Waals surface area contributed by atoms with Crippen LogP contribution in [0.3, 0.4) is 0 Å². The number of halogens is 1. The lowest BCUT2D eigenvalue weighted by Gasteiger charge is -2.19. The average Bonchev–Trinajstić information content (AvgIpc) is 4.29. The quantitative estimate of drug-likeness (QED) is 0.0441. The third-order valence-electron chi connectivity index (χ3n) is 15.2. The lowest BCUT2D eigenvalue weighted by molar-refractivity contribution is 0.241. The number of hydrogen-bond acceptors (Lipinski definition) is 8.